The van der Waals surface area contributed by atoms with Gasteiger partial charge in [0.05, 0.1) is 13.1 Å². The van der Waals surface area contributed by atoms with Crippen molar-refractivity contribution in [3.63, 3.8) is 0 Å². The van der Waals surface area contributed by atoms with Crippen molar-refractivity contribution in [2.45, 2.75) is 6.92 Å². The molecule has 0 radical (unpaired) electrons. The number of likely N-dealkylation sites (N-methyl/N-ethyl adjacent to an activating group) is 2. The van der Waals surface area contributed by atoms with Crippen molar-refractivity contribution in [1.82, 2.24) is 14.8 Å². The van der Waals surface area contributed by atoms with E-state index >= 15 is 0 Å². The van der Waals surface area contributed by atoms with Gasteiger partial charge in [0.1, 0.15) is 5.78 Å². The van der Waals surface area contributed by atoms with E-state index < -0.39 is 0 Å². The molecule has 0 aliphatic carbocycles. The Balaban J connectivity index is 3.90. The Morgan fingerprint density at radius 2 is 1.62 bits per heavy atom. The molecule has 1 amide bonds. The highest BCUT2D eigenvalue weighted by atomic mass is 16.2. The van der Waals surface area contributed by atoms with Crippen molar-refractivity contribution in [3.8, 4) is 0 Å². The van der Waals surface area contributed by atoms with Crippen LogP contribution in [0.25, 0.3) is 0 Å². The van der Waals surface area contributed by atoms with E-state index in [2.05, 4.69) is 0 Å². The lowest BCUT2D eigenvalue weighted by Gasteiger charge is -2.22. The smallest absolute Gasteiger partial charge is 0.250 e. The van der Waals surface area contributed by atoms with Crippen molar-refractivity contribution in [2.75, 3.05) is 47.3 Å². The minimum atomic E-state index is -0.175. The molecular weight excluding hydrogens is 208 g/mol. The molecule has 0 aromatic heterocycles. The summed E-state index contributed by atoms with van der Waals surface area (Å²) in [6.45, 7) is 3.14. The predicted molar refractivity (Wildman–Crippen MR) is 62.6 cm³/mol. The summed E-state index contributed by atoms with van der Waals surface area (Å²) in [5, 5.41) is 1.19. The van der Waals surface area contributed by atoms with Crippen LogP contribution in [0.15, 0.2) is 0 Å². The van der Waals surface area contributed by atoms with E-state index in [0.717, 1.165) is 6.54 Å². The van der Waals surface area contributed by atoms with Gasteiger partial charge in [0.25, 0.3) is 5.91 Å². The lowest BCUT2D eigenvalue weighted by Crippen LogP contribution is -2.46. The van der Waals surface area contributed by atoms with E-state index in [0.29, 0.717) is 6.54 Å². The van der Waals surface area contributed by atoms with Crippen molar-refractivity contribution < 1.29 is 9.59 Å². The van der Waals surface area contributed by atoms with Crippen molar-refractivity contribution in [1.29, 1.82) is 0 Å². The lowest BCUT2D eigenvalue weighted by atomic mass is 10.4. The summed E-state index contributed by atoms with van der Waals surface area (Å²) in [4.78, 5) is 26.0. The number of ketones is 1. The zero-order valence-electron chi connectivity index (χ0n) is 10.6. The van der Waals surface area contributed by atoms with Crippen molar-refractivity contribution in [3.05, 3.63) is 0 Å². The fourth-order valence-electron chi connectivity index (χ4n) is 1.19. The minimum absolute atomic E-state index is 0.0344. The summed E-state index contributed by atoms with van der Waals surface area (Å²) in [6.07, 6.45) is 0. The van der Waals surface area contributed by atoms with Gasteiger partial charge in [-0.05, 0) is 28.1 Å². The Labute approximate surface area is 96.9 Å². The summed E-state index contributed by atoms with van der Waals surface area (Å²) in [6, 6.07) is 0. The Morgan fingerprint density at radius 3 is 2.06 bits per heavy atom. The molecule has 0 rings (SSSR count). The van der Waals surface area contributed by atoms with Crippen molar-refractivity contribution >= 4 is 11.7 Å². The number of rotatable bonds is 7. The second-order valence-corrected chi connectivity index (χ2v) is 4.26. The third-order valence-electron chi connectivity index (χ3n) is 2.01. The molecule has 0 aliphatic heterocycles. The maximum Gasteiger partial charge on any atom is 0.250 e. The standard InChI is InChI=1S/C10H22N4O2/c1-9(15)7-13(4)8-10(16)14(11)6-5-12(2)3/h5-8,11H2,1-4H3. The van der Waals surface area contributed by atoms with Crippen LogP contribution in [-0.4, -0.2) is 73.8 Å². The van der Waals surface area contributed by atoms with Crippen LogP contribution < -0.4 is 5.84 Å². The maximum atomic E-state index is 11.6. The van der Waals surface area contributed by atoms with E-state index in [1.807, 2.05) is 19.0 Å². The van der Waals surface area contributed by atoms with Gasteiger partial charge >= 0.3 is 0 Å². The van der Waals surface area contributed by atoms with Crippen LogP contribution in [0.4, 0.5) is 0 Å². The van der Waals surface area contributed by atoms with Gasteiger partial charge in [0.15, 0.2) is 0 Å². The molecule has 0 fully saturated rings. The molecule has 6 heteroatoms. The number of amides is 1. The molecular formula is C10H22N4O2. The zero-order valence-corrected chi connectivity index (χ0v) is 10.6. The first kappa shape index (κ1) is 15.0. The first-order chi connectivity index (χ1) is 7.32. The average Bonchev–Trinajstić information content (AvgIpc) is 2.12. The highest BCUT2D eigenvalue weighted by Gasteiger charge is 2.13. The van der Waals surface area contributed by atoms with Crippen molar-refractivity contribution in [2.24, 2.45) is 5.84 Å². The molecule has 0 aliphatic rings. The van der Waals surface area contributed by atoms with Crippen LogP contribution in [0.1, 0.15) is 6.92 Å². The summed E-state index contributed by atoms with van der Waals surface area (Å²) in [5.41, 5.74) is 0. The number of Topliss-reactive ketones (excluding diaryl/α,β-unsaturated/α-hetero) is 1. The molecule has 2 N–H and O–H groups in total. The molecule has 0 unspecified atom stereocenters. The molecule has 0 heterocycles. The Hall–Kier alpha value is -0.980. The Kier molecular flexibility index (Phi) is 6.87. The van der Waals surface area contributed by atoms with Gasteiger partial charge in [-0.3, -0.25) is 19.5 Å². The van der Waals surface area contributed by atoms with E-state index in [4.69, 9.17) is 5.84 Å². The number of carbonyl (C=O) groups excluding carboxylic acids is 2. The lowest BCUT2D eigenvalue weighted by molar-refractivity contribution is -0.132. The summed E-state index contributed by atoms with van der Waals surface area (Å²) in [5.74, 6) is 5.45. The molecule has 0 bridgehead atoms. The number of hydrogen-bond acceptors (Lipinski definition) is 5. The van der Waals surface area contributed by atoms with Gasteiger partial charge < -0.3 is 4.90 Å². The van der Waals surface area contributed by atoms with Crippen LogP contribution in [0.5, 0.6) is 0 Å². The van der Waals surface area contributed by atoms with Crippen LogP contribution in [0.3, 0.4) is 0 Å². The zero-order chi connectivity index (χ0) is 12.7. The molecule has 94 valence electrons. The van der Waals surface area contributed by atoms with Gasteiger partial charge in [-0.15, -0.1) is 0 Å². The van der Waals surface area contributed by atoms with Crippen LogP contribution in [-0.2, 0) is 9.59 Å². The van der Waals surface area contributed by atoms with Gasteiger partial charge in [-0.25, -0.2) is 5.84 Å². The molecule has 0 saturated carbocycles. The maximum absolute atomic E-state index is 11.6. The fraction of sp³-hybridized carbons (Fsp3) is 0.800. The monoisotopic (exact) mass is 230 g/mol. The molecule has 0 aromatic carbocycles. The summed E-state index contributed by atoms with van der Waals surface area (Å²) >= 11 is 0. The minimum Gasteiger partial charge on any atom is -0.308 e. The number of nitrogens with two attached hydrogens (primary N) is 1. The second-order valence-electron chi connectivity index (χ2n) is 4.26. The first-order valence-corrected chi connectivity index (χ1v) is 5.20. The van der Waals surface area contributed by atoms with Gasteiger partial charge in [0.2, 0.25) is 0 Å². The van der Waals surface area contributed by atoms with E-state index in [1.165, 1.54) is 11.9 Å². The fourth-order valence-corrected chi connectivity index (χ4v) is 1.19. The van der Waals surface area contributed by atoms with Gasteiger partial charge in [-0.2, -0.15) is 0 Å². The van der Waals surface area contributed by atoms with E-state index in [-0.39, 0.29) is 24.8 Å². The molecule has 0 atom stereocenters. The highest BCUT2D eigenvalue weighted by Crippen LogP contribution is 1.88. The normalized spacial score (nSPS) is 10.9. The number of hydrazine groups is 1. The number of nitrogens with zero attached hydrogens (tertiary/aromatic N) is 3. The molecule has 0 spiro atoms. The Bertz CT molecular complexity index is 243. The largest absolute Gasteiger partial charge is 0.308 e. The number of hydrogen-bond donors (Lipinski definition) is 1. The van der Waals surface area contributed by atoms with E-state index in [9.17, 15) is 9.59 Å². The highest BCUT2D eigenvalue weighted by molar-refractivity contribution is 5.80. The quantitative estimate of drug-likeness (QED) is 0.337. The third kappa shape index (κ3) is 7.33. The molecule has 0 aromatic rings. The molecule has 0 saturated heterocycles. The van der Waals surface area contributed by atoms with Gasteiger partial charge in [0, 0.05) is 13.1 Å². The third-order valence-corrected chi connectivity index (χ3v) is 2.01. The van der Waals surface area contributed by atoms with Crippen LogP contribution >= 0.6 is 0 Å². The average molecular weight is 230 g/mol. The van der Waals surface area contributed by atoms with Gasteiger partial charge in [-0.1, -0.05) is 0 Å². The predicted octanol–water partition coefficient (Wildman–Crippen LogP) is -1.23. The topological polar surface area (TPSA) is 69.9 Å². The van der Waals surface area contributed by atoms with Crippen LogP contribution in [0.2, 0.25) is 0 Å². The second kappa shape index (κ2) is 7.32. The molecule has 16 heavy (non-hydrogen) atoms. The summed E-state index contributed by atoms with van der Waals surface area (Å²) in [7, 11) is 5.56. The Morgan fingerprint density at radius 1 is 1.06 bits per heavy atom. The SMILES string of the molecule is CC(=O)CN(C)CC(=O)N(N)CCN(C)C. The first-order valence-electron chi connectivity index (χ1n) is 5.20. The molecule has 6 nitrogen and oxygen atoms in total. The van der Waals surface area contributed by atoms with E-state index in [1.54, 1.807) is 11.9 Å². The van der Waals surface area contributed by atoms with Crippen LogP contribution in [0, 0.1) is 0 Å². The number of carbonyl (C=O) groups is 2. The summed E-state index contributed by atoms with van der Waals surface area (Å²) < 4.78 is 0.